The van der Waals surface area contributed by atoms with E-state index >= 15 is 0 Å². The second-order valence-corrected chi connectivity index (χ2v) is 7.34. The van der Waals surface area contributed by atoms with Crippen molar-refractivity contribution in [3.8, 4) is 40.1 Å². The molecule has 2 aromatic heterocycles. The van der Waals surface area contributed by atoms with E-state index in [2.05, 4.69) is 4.98 Å². The summed E-state index contributed by atoms with van der Waals surface area (Å²) < 4.78 is 11.2. The largest absolute Gasteiger partial charge is 0.507 e. The zero-order valence-electron chi connectivity index (χ0n) is 16.3. The summed E-state index contributed by atoms with van der Waals surface area (Å²) in [5.74, 6) is -3.57. The Kier molecular flexibility index (Phi) is 4.26. The molecule has 1 unspecified atom stereocenters. The summed E-state index contributed by atoms with van der Waals surface area (Å²) in [7, 11) is 0. The fourth-order valence-electron chi connectivity index (χ4n) is 3.91. The number of phenols is 3. The second kappa shape index (κ2) is 7.02. The summed E-state index contributed by atoms with van der Waals surface area (Å²) in [6.07, 6.45) is 3.09. The van der Waals surface area contributed by atoms with Crippen LogP contribution in [-0.2, 0) is 4.79 Å². The molecule has 4 aromatic rings. The number of aromatic nitrogens is 1. The Hall–Kier alpha value is -4.53. The predicted octanol–water partition coefficient (Wildman–Crippen LogP) is 3.12. The molecule has 5 rings (SSSR count). The number of carbonyl (C=O) groups is 1. The average Bonchev–Trinajstić information content (AvgIpc) is 2.77. The highest BCUT2D eigenvalue weighted by Gasteiger charge is 2.34. The van der Waals surface area contributed by atoms with Gasteiger partial charge in [0.25, 0.3) is 0 Å². The Morgan fingerprint density at radius 3 is 2.50 bits per heavy atom. The number of nitrogens with zero attached hydrogens (tertiary/aromatic N) is 1. The van der Waals surface area contributed by atoms with E-state index in [-0.39, 0.29) is 34.5 Å². The topological polar surface area (TPSA) is 150 Å². The number of hydrogen-bond donors (Lipinski definition) is 4. The summed E-state index contributed by atoms with van der Waals surface area (Å²) in [5.41, 5.74) is 0.131. The van der Waals surface area contributed by atoms with Gasteiger partial charge in [-0.05, 0) is 29.8 Å². The van der Waals surface area contributed by atoms with E-state index in [1.165, 1.54) is 12.1 Å². The van der Waals surface area contributed by atoms with Gasteiger partial charge in [0.15, 0.2) is 17.3 Å². The molecule has 0 fully saturated rings. The van der Waals surface area contributed by atoms with Crippen LogP contribution in [0.15, 0.2) is 58.0 Å². The molecule has 1 atom stereocenters. The zero-order chi connectivity index (χ0) is 22.6. The molecule has 0 aliphatic carbocycles. The van der Waals surface area contributed by atoms with Gasteiger partial charge in [-0.15, -0.1) is 0 Å². The standard InChI is InChI=1S/C23H15NO8/c25-13-4-3-10(6-14(13)26)22-21(30)20(29)19-15(27)8-16-18(23(19)32-22)12(7-17(28)31-16)11-2-1-5-24-9-11/h1-6,8-9,12,25-27,30H,7H2. The lowest BCUT2D eigenvalue weighted by Gasteiger charge is -2.25. The van der Waals surface area contributed by atoms with Crippen molar-refractivity contribution in [1.82, 2.24) is 4.98 Å². The van der Waals surface area contributed by atoms with Crippen LogP contribution in [0.4, 0.5) is 0 Å². The van der Waals surface area contributed by atoms with E-state index < -0.39 is 40.3 Å². The molecular weight excluding hydrogens is 418 g/mol. The highest BCUT2D eigenvalue weighted by Crippen LogP contribution is 2.47. The van der Waals surface area contributed by atoms with E-state index in [0.29, 0.717) is 11.1 Å². The van der Waals surface area contributed by atoms with Gasteiger partial charge < -0.3 is 29.6 Å². The molecule has 0 spiro atoms. The third-order valence-electron chi connectivity index (χ3n) is 5.39. The van der Waals surface area contributed by atoms with Gasteiger partial charge in [0.2, 0.25) is 11.2 Å². The average molecular weight is 433 g/mol. The number of pyridine rings is 1. The van der Waals surface area contributed by atoms with E-state index in [4.69, 9.17) is 9.15 Å². The summed E-state index contributed by atoms with van der Waals surface area (Å²) in [4.78, 5) is 29.3. The van der Waals surface area contributed by atoms with Gasteiger partial charge in [0, 0.05) is 35.5 Å². The lowest BCUT2D eigenvalue weighted by atomic mass is 9.86. The van der Waals surface area contributed by atoms with Crippen LogP contribution in [-0.4, -0.2) is 31.4 Å². The van der Waals surface area contributed by atoms with Gasteiger partial charge in [-0.2, -0.15) is 0 Å². The minimum absolute atomic E-state index is 0.0217. The summed E-state index contributed by atoms with van der Waals surface area (Å²) in [6, 6.07) is 8.23. The molecule has 160 valence electrons. The molecule has 9 nitrogen and oxygen atoms in total. The number of carbonyl (C=O) groups excluding carboxylic acids is 1. The maximum absolute atomic E-state index is 13.0. The van der Waals surface area contributed by atoms with Gasteiger partial charge in [-0.3, -0.25) is 14.6 Å². The van der Waals surface area contributed by atoms with Crippen LogP contribution in [0.2, 0.25) is 0 Å². The molecule has 0 amide bonds. The fourth-order valence-corrected chi connectivity index (χ4v) is 3.91. The first kappa shape index (κ1) is 19.4. The molecule has 1 aliphatic rings. The summed E-state index contributed by atoms with van der Waals surface area (Å²) in [5, 5.41) is 40.1. The number of ether oxygens (including phenoxy) is 1. The first-order valence-corrected chi connectivity index (χ1v) is 9.53. The summed E-state index contributed by atoms with van der Waals surface area (Å²) in [6.45, 7) is 0. The maximum atomic E-state index is 13.0. The number of phenolic OH excluding ortho intramolecular Hbond substituents is 3. The Morgan fingerprint density at radius 1 is 0.969 bits per heavy atom. The first-order valence-electron chi connectivity index (χ1n) is 9.53. The molecule has 4 N–H and O–H groups in total. The molecule has 0 saturated heterocycles. The van der Waals surface area contributed by atoms with Crippen LogP contribution in [0.3, 0.4) is 0 Å². The van der Waals surface area contributed by atoms with Crippen LogP contribution in [0.1, 0.15) is 23.5 Å². The number of aromatic hydroxyl groups is 4. The van der Waals surface area contributed by atoms with Crippen LogP contribution in [0.5, 0.6) is 28.7 Å². The molecule has 2 aromatic carbocycles. The number of hydrogen-bond acceptors (Lipinski definition) is 9. The van der Waals surface area contributed by atoms with Crippen LogP contribution >= 0.6 is 0 Å². The zero-order valence-corrected chi connectivity index (χ0v) is 16.3. The Labute approximate surface area is 179 Å². The van der Waals surface area contributed by atoms with Gasteiger partial charge in [-0.25, -0.2) is 0 Å². The first-order chi connectivity index (χ1) is 15.3. The van der Waals surface area contributed by atoms with Crippen LogP contribution in [0, 0.1) is 0 Å². The van der Waals surface area contributed by atoms with Crippen molar-refractivity contribution in [3.63, 3.8) is 0 Å². The highest BCUT2D eigenvalue weighted by molar-refractivity contribution is 5.94. The lowest BCUT2D eigenvalue weighted by Crippen LogP contribution is -2.22. The van der Waals surface area contributed by atoms with E-state index in [0.717, 1.165) is 12.1 Å². The van der Waals surface area contributed by atoms with Gasteiger partial charge >= 0.3 is 5.97 Å². The minimum atomic E-state index is -0.907. The maximum Gasteiger partial charge on any atom is 0.312 e. The van der Waals surface area contributed by atoms with Crippen LogP contribution in [0.25, 0.3) is 22.3 Å². The third-order valence-corrected chi connectivity index (χ3v) is 5.39. The molecule has 9 heteroatoms. The molecule has 1 aliphatic heterocycles. The van der Waals surface area contributed by atoms with Crippen molar-refractivity contribution < 1.29 is 34.4 Å². The minimum Gasteiger partial charge on any atom is -0.507 e. The number of fused-ring (bicyclic) bond motifs is 3. The molecular formula is C23H15NO8. The number of benzene rings is 2. The molecule has 0 radical (unpaired) electrons. The predicted molar refractivity (Wildman–Crippen MR) is 111 cm³/mol. The van der Waals surface area contributed by atoms with Crippen molar-refractivity contribution in [2.45, 2.75) is 12.3 Å². The third kappa shape index (κ3) is 2.90. The summed E-state index contributed by atoms with van der Waals surface area (Å²) >= 11 is 0. The molecule has 0 saturated carbocycles. The van der Waals surface area contributed by atoms with Gasteiger partial charge in [-0.1, -0.05) is 6.07 Å². The van der Waals surface area contributed by atoms with Crippen LogP contribution < -0.4 is 10.2 Å². The van der Waals surface area contributed by atoms with Gasteiger partial charge in [0.1, 0.15) is 22.5 Å². The SMILES string of the molecule is O=C1CC(c2cccnc2)c2c(cc(O)c3c(=O)c(O)c(-c4ccc(O)c(O)c4)oc23)O1. The smallest absolute Gasteiger partial charge is 0.312 e. The number of rotatable bonds is 2. The van der Waals surface area contributed by atoms with Gasteiger partial charge in [0.05, 0.1) is 6.42 Å². The Morgan fingerprint density at radius 2 is 1.78 bits per heavy atom. The normalized spacial score (nSPS) is 15.4. The Bertz CT molecular complexity index is 1460. The lowest BCUT2D eigenvalue weighted by molar-refractivity contribution is -0.135. The van der Waals surface area contributed by atoms with E-state index in [1.54, 1.807) is 24.5 Å². The Balaban J connectivity index is 1.87. The quantitative estimate of drug-likeness (QED) is 0.212. The van der Waals surface area contributed by atoms with Crippen molar-refractivity contribution in [2.24, 2.45) is 0 Å². The highest BCUT2D eigenvalue weighted by atomic mass is 16.5. The van der Waals surface area contributed by atoms with E-state index in [1.807, 2.05) is 0 Å². The van der Waals surface area contributed by atoms with Crippen molar-refractivity contribution >= 4 is 16.9 Å². The molecule has 0 bridgehead atoms. The molecule has 32 heavy (non-hydrogen) atoms. The van der Waals surface area contributed by atoms with Crippen molar-refractivity contribution in [1.29, 1.82) is 0 Å². The van der Waals surface area contributed by atoms with Crippen molar-refractivity contribution in [2.75, 3.05) is 0 Å². The second-order valence-electron chi connectivity index (χ2n) is 7.34. The monoisotopic (exact) mass is 433 g/mol. The fraction of sp³-hybridized carbons (Fsp3) is 0.0870. The number of esters is 1. The molecule has 3 heterocycles. The van der Waals surface area contributed by atoms with E-state index in [9.17, 15) is 30.0 Å². The van der Waals surface area contributed by atoms with Crippen molar-refractivity contribution in [3.05, 3.63) is 70.1 Å².